The lowest BCUT2D eigenvalue weighted by Gasteiger charge is -2.73. The van der Waals surface area contributed by atoms with Gasteiger partial charge in [0.1, 0.15) is 5.69 Å². The molecule has 2 rings (SSSR count). The molecule has 0 radical (unpaired) electrons. The topological polar surface area (TPSA) is 125 Å². The number of hydrogen-bond acceptors (Lipinski definition) is 6. The van der Waals surface area contributed by atoms with E-state index in [2.05, 4.69) is 81.5 Å². The van der Waals surface area contributed by atoms with Crippen molar-refractivity contribution < 1.29 is 18.1 Å². The Morgan fingerprint density at radius 1 is 0.857 bits per heavy atom. The van der Waals surface area contributed by atoms with Crippen LogP contribution in [0.5, 0.6) is 0 Å². The minimum absolute atomic E-state index is 0.0372. The molecule has 0 saturated carbocycles. The van der Waals surface area contributed by atoms with E-state index in [4.69, 9.17) is 9.88 Å². The number of nitrogens with one attached hydrogen (secondary N) is 1. The number of ether oxygens (including phenoxy) is 1. The number of hydrogen-bond donors (Lipinski definition) is 2. The van der Waals surface area contributed by atoms with Crippen molar-refractivity contribution in [2.45, 2.75) is 119 Å². The lowest BCUT2D eigenvalue weighted by atomic mass is 9.39. The van der Waals surface area contributed by atoms with Crippen LogP contribution in [0.4, 0.5) is 11.4 Å². The van der Waals surface area contributed by atoms with Gasteiger partial charge in [-0.25, -0.2) is 13.6 Å². The summed E-state index contributed by atoms with van der Waals surface area (Å²) in [6.07, 6.45) is 0. The van der Waals surface area contributed by atoms with Crippen LogP contribution in [0.1, 0.15) is 92.9 Å². The molecule has 0 bridgehead atoms. The standard InChI is InChI=1S/C26H45N3O5S/c1-15-16(2)20(35(27,32)33)17(3)19(29(30)31)18(15)28-23(8,9)26(14)21(4,5)24(10,11)34-25(12,13)22(26,6)7/h28H,1-14H3,(H2,27,32,33). The third kappa shape index (κ3) is 3.80. The van der Waals surface area contributed by atoms with Crippen molar-refractivity contribution in [3.05, 3.63) is 26.8 Å². The summed E-state index contributed by atoms with van der Waals surface area (Å²) < 4.78 is 31.4. The van der Waals surface area contributed by atoms with Crippen molar-refractivity contribution in [2.24, 2.45) is 21.4 Å². The van der Waals surface area contributed by atoms with Crippen molar-refractivity contribution >= 4 is 21.4 Å². The van der Waals surface area contributed by atoms with Crippen LogP contribution in [0.15, 0.2) is 4.90 Å². The number of primary sulfonamides is 1. The number of anilines is 1. The summed E-state index contributed by atoms with van der Waals surface area (Å²) in [5.74, 6) is 0. The molecule has 0 unspecified atom stereocenters. The molecule has 1 aromatic rings. The van der Waals surface area contributed by atoms with E-state index >= 15 is 0 Å². The molecule has 8 nitrogen and oxygen atoms in total. The highest BCUT2D eigenvalue weighted by Gasteiger charge is 2.72. The summed E-state index contributed by atoms with van der Waals surface area (Å²) in [4.78, 5) is 11.6. The highest BCUT2D eigenvalue weighted by atomic mass is 32.2. The van der Waals surface area contributed by atoms with Crippen LogP contribution in [0, 0.1) is 47.1 Å². The Labute approximate surface area is 211 Å². The van der Waals surface area contributed by atoms with Gasteiger partial charge in [0.25, 0.3) is 5.69 Å². The number of nitro benzene ring substituents is 1. The number of benzene rings is 1. The summed E-state index contributed by atoms with van der Waals surface area (Å²) in [6, 6.07) is 0. The maximum absolute atomic E-state index is 12.3. The van der Waals surface area contributed by atoms with Crippen molar-refractivity contribution in [3.8, 4) is 0 Å². The smallest absolute Gasteiger partial charge is 0.296 e. The molecular formula is C26H45N3O5S. The highest BCUT2D eigenvalue weighted by molar-refractivity contribution is 7.89. The second-order valence-electron chi connectivity index (χ2n) is 13.0. The number of nitrogens with zero attached hydrogens (tertiary/aromatic N) is 1. The molecule has 1 fully saturated rings. The van der Waals surface area contributed by atoms with E-state index in [0.717, 1.165) is 0 Å². The minimum Gasteiger partial charge on any atom is -0.374 e. The third-order valence-electron chi connectivity index (χ3n) is 10.4. The van der Waals surface area contributed by atoms with Crippen LogP contribution in [0.25, 0.3) is 0 Å². The predicted molar refractivity (Wildman–Crippen MR) is 141 cm³/mol. The molecule has 0 spiro atoms. The van der Waals surface area contributed by atoms with E-state index in [1.165, 1.54) is 6.92 Å². The van der Waals surface area contributed by atoms with Gasteiger partial charge in [0.05, 0.1) is 21.0 Å². The lowest BCUT2D eigenvalue weighted by Crippen LogP contribution is -2.76. The first-order chi connectivity index (χ1) is 15.2. The molecule has 1 saturated heterocycles. The van der Waals surface area contributed by atoms with Crippen LogP contribution in [-0.2, 0) is 14.8 Å². The van der Waals surface area contributed by atoms with Gasteiger partial charge in [-0.2, -0.15) is 0 Å². The van der Waals surface area contributed by atoms with E-state index < -0.39 is 37.1 Å². The van der Waals surface area contributed by atoms with Gasteiger partial charge in [0.15, 0.2) is 0 Å². The average Bonchev–Trinajstić information content (AvgIpc) is 2.61. The van der Waals surface area contributed by atoms with E-state index in [-0.39, 0.29) is 27.0 Å². The van der Waals surface area contributed by atoms with Gasteiger partial charge in [0, 0.05) is 27.3 Å². The first kappa shape index (κ1) is 29.5. The van der Waals surface area contributed by atoms with Gasteiger partial charge in [-0.15, -0.1) is 0 Å². The molecule has 0 aromatic heterocycles. The number of rotatable bonds is 5. The number of nitro groups is 1. The number of sulfonamides is 1. The van der Waals surface area contributed by atoms with E-state index in [1.807, 2.05) is 0 Å². The minimum atomic E-state index is -4.15. The van der Waals surface area contributed by atoms with E-state index in [0.29, 0.717) is 16.8 Å². The van der Waals surface area contributed by atoms with E-state index in [1.54, 1.807) is 13.8 Å². The van der Waals surface area contributed by atoms with Crippen LogP contribution < -0.4 is 10.5 Å². The highest BCUT2D eigenvalue weighted by Crippen LogP contribution is 2.70. The summed E-state index contributed by atoms with van der Waals surface area (Å²) in [7, 11) is -4.15. The molecule has 200 valence electrons. The first-order valence-corrected chi connectivity index (χ1v) is 13.6. The third-order valence-corrected chi connectivity index (χ3v) is 11.6. The monoisotopic (exact) mass is 511 g/mol. The fourth-order valence-electron chi connectivity index (χ4n) is 6.80. The van der Waals surface area contributed by atoms with Crippen LogP contribution in [-0.4, -0.2) is 30.1 Å². The molecule has 1 heterocycles. The largest absolute Gasteiger partial charge is 0.374 e. The molecule has 1 aliphatic rings. The zero-order valence-corrected chi connectivity index (χ0v) is 24.8. The Morgan fingerprint density at radius 2 is 1.26 bits per heavy atom. The molecule has 0 amide bonds. The Kier molecular flexibility index (Phi) is 6.66. The SMILES string of the molecule is Cc1c(C)c(S(N)(=O)=O)c(C)c([N+](=O)[O-])c1NC(C)(C)C1(C)C(C)(C)C(C)(C)OC(C)(C)C1(C)C. The van der Waals surface area contributed by atoms with Crippen LogP contribution >= 0.6 is 0 Å². The fourth-order valence-corrected chi connectivity index (χ4v) is 7.90. The lowest BCUT2D eigenvalue weighted by molar-refractivity contribution is -0.384. The summed E-state index contributed by atoms with van der Waals surface area (Å²) in [5, 5.41) is 21.3. The molecule has 35 heavy (non-hydrogen) atoms. The van der Waals surface area contributed by atoms with E-state index in [9.17, 15) is 18.5 Å². The van der Waals surface area contributed by atoms with Crippen molar-refractivity contribution in [2.75, 3.05) is 5.32 Å². The van der Waals surface area contributed by atoms with Crippen molar-refractivity contribution in [1.82, 2.24) is 0 Å². The van der Waals surface area contributed by atoms with Gasteiger partial charge in [-0.05, 0) is 73.4 Å². The molecule has 0 aliphatic carbocycles. The molecule has 9 heteroatoms. The normalized spacial score (nSPS) is 22.5. The van der Waals surface area contributed by atoms with Crippen LogP contribution in [0.3, 0.4) is 0 Å². The van der Waals surface area contributed by atoms with Crippen LogP contribution in [0.2, 0.25) is 0 Å². The maximum atomic E-state index is 12.3. The van der Waals surface area contributed by atoms with Crippen molar-refractivity contribution in [3.63, 3.8) is 0 Å². The summed E-state index contributed by atoms with van der Waals surface area (Å²) in [5.41, 5.74) is -1.98. The van der Waals surface area contributed by atoms with Gasteiger partial charge in [-0.3, -0.25) is 10.1 Å². The second kappa shape index (κ2) is 7.89. The second-order valence-corrected chi connectivity index (χ2v) is 14.5. The average molecular weight is 512 g/mol. The Hall–Kier alpha value is -1.71. The Balaban J connectivity index is 2.95. The zero-order chi connectivity index (χ0) is 28.0. The maximum Gasteiger partial charge on any atom is 0.296 e. The zero-order valence-electron chi connectivity index (χ0n) is 24.0. The van der Waals surface area contributed by atoms with Gasteiger partial charge >= 0.3 is 0 Å². The van der Waals surface area contributed by atoms with Gasteiger partial charge < -0.3 is 10.1 Å². The summed E-state index contributed by atoms with van der Waals surface area (Å²) in [6.45, 7) is 28.3. The predicted octanol–water partition coefficient (Wildman–Crippen LogP) is 6.00. The Morgan fingerprint density at radius 3 is 1.60 bits per heavy atom. The molecule has 1 aromatic carbocycles. The molecule has 1 aliphatic heterocycles. The molecule has 0 atom stereocenters. The quantitative estimate of drug-likeness (QED) is 0.369. The molecular weight excluding hydrogens is 466 g/mol. The Bertz CT molecular complexity index is 1150. The fraction of sp³-hybridized carbons (Fsp3) is 0.769. The first-order valence-electron chi connectivity index (χ1n) is 12.0. The van der Waals surface area contributed by atoms with Gasteiger partial charge in [-0.1, -0.05) is 34.6 Å². The van der Waals surface area contributed by atoms with Crippen molar-refractivity contribution in [1.29, 1.82) is 0 Å². The number of nitrogens with two attached hydrogens (primary N) is 1. The van der Waals surface area contributed by atoms with Gasteiger partial charge in [0.2, 0.25) is 10.0 Å². The summed E-state index contributed by atoms with van der Waals surface area (Å²) >= 11 is 0. The molecule has 3 N–H and O–H groups in total.